The van der Waals surface area contributed by atoms with Gasteiger partial charge in [-0.1, -0.05) is 72.8 Å². The Bertz CT molecular complexity index is 1500. The van der Waals surface area contributed by atoms with Gasteiger partial charge < -0.3 is 0 Å². The predicted octanol–water partition coefficient (Wildman–Crippen LogP) is 7.27. The minimum Gasteiger partial charge on any atom is -0.255 e. The lowest BCUT2D eigenvalue weighted by molar-refractivity contribution is 1.25. The van der Waals surface area contributed by atoms with Crippen LogP contribution in [0.15, 0.2) is 109 Å². The van der Waals surface area contributed by atoms with Gasteiger partial charge in [0.05, 0.1) is 17.1 Å². The van der Waals surface area contributed by atoms with Gasteiger partial charge in [0, 0.05) is 11.8 Å². The van der Waals surface area contributed by atoms with Crippen molar-refractivity contribution >= 4 is 32.3 Å². The number of pyridine rings is 2. The van der Waals surface area contributed by atoms with Crippen LogP contribution in [0.4, 0.5) is 0 Å². The molecular weight excluding hydrogens is 364 g/mol. The first-order valence-corrected chi connectivity index (χ1v) is 10.1. The van der Waals surface area contributed by atoms with E-state index in [-0.39, 0.29) is 0 Å². The van der Waals surface area contributed by atoms with E-state index in [1.165, 1.54) is 32.3 Å². The first-order valence-electron chi connectivity index (χ1n) is 10.1. The molecule has 0 atom stereocenters. The summed E-state index contributed by atoms with van der Waals surface area (Å²) in [5, 5.41) is 7.67. The van der Waals surface area contributed by atoms with Gasteiger partial charge in [0.25, 0.3) is 0 Å². The zero-order valence-electron chi connectivity index (χ0n) is 16.3. The molecule has 0 N–H and O–H groups in total. The Labute approximate surface area is 174 Å². The maximum absolute atomic E-state index is 4.90. The van der Waals surface area contributed by atoms with Gasteiger partial charge in [-0.15, -0.1) is 0 Å². The normalized spacial score (nSPS) is 11.3. The van der Waals surface area contributed by atoms with Crippen LogP contribution >= 0.6 is 0 Å². The fourth-order valence-electron chi connectivity index (χ4n) is 4.32. The summed E-state index contributed by atoms with van der Waals surface area (Å²) in [6.07, 6.45) is 1.80. The summed E-state index contributed by atoms with van der Waals surface area (Å²) in [7, 11) is 0. The molecule has 6 rings (SSSR count). The van der Waals surface area contributed by atoms with Crippen molar-refractivity contribution in [2.45, 2.75) is 0 Å². The van der Waals surface area contributed by atoms with Crippen LogP contribution in [0.5, 0.6) is 0 Å². The van der Waals surface area contributed by atoms with Gasteiger partial charge in [0.2, 0.25) is 0 Å². The second-order valence-electron chi connectivity index (χ2n) is 7.47. The lowest BCUT2D eigenvalue weighted by atomic mass is 9.93. The van der Waals surface area contributed by atoms with Crippen LogP contribution in [0.1, 0.15) is 0 Å². The van der Waals surface area contributed by atoms with Crippen molar-refractivity contribution in [3.8, 4) is 22.6 Å². The van der Waals surface area contributed by atoms with E-state index in [2.05, 4.69) is 83.8 Å². The van der Waals surface area contributed by atoms with E-state index >= 15 is 0 Å². The largest absolute Gasteiger partial charge is 0.255 e. The molecule has 0 amide bonds. The average molecular weight is 382 g/mol. The van der Waals surface area contributed by atoms with Crippen LogP contribution in [0, 0.1) is 0 Å². The summed E-state index contributed by atoms with van der Waals surface area (Å²) in [6.45, 7) is 0. The molecule has 2 aromatic heterocycles. The van der Waals surface area contributed by atoms with Crippen LogP contribution in [-0.4, -0.2) is 9.97 Å². The van der Waals surface area contributed by atoms with Crippen molar-refractivity contribution in [2.75, 3.05) is 0 Å². The van der Waals surface area contributed by atoms with Gasteiger partial charge in [0.15, 0.2) is 0 Å². The second-order valence-corrected chi connectivity index (χ2v) is 7.47. The van der Waals surface area contributed by atoms with Crippen molar-refractivity contribution in [1.29, 1.82) is 0 Å². The first kappa shape index (κ1) is 16.9. The van der Waals surface area contributed by atoms with Crippen LogP contribution in [0.2, 0.25) is 0 Å². The molecular formula is C28H18N2. The molecule has 140 valence electrons. The molecule has 0 aliphatic heterocycles. The summed E-state index contributed by atoms with van der Waals surface area (Å²) >= 11 is 0. The Morgan fingerprint density at radius 3 is 1.63 bits per heavy atom. The van der Waals surface area contributed by atoms with E-state index < -0.39 is 0 Å². The Hall–Kier alpha value is -4.04. The number of hydrogen-bond donors (Lipinski definition) is 0. The number of benzene rings is 4. The number of rotatable bonds is 2. The van der Waals surface area contributed by atoms with Crippen LogP contribution in [-0.2, 0) is 0 Å². The van der Waals surface area contributed by atoms with Gasteiger partial charge in [-0.25, -0.2) is 4.98 Å². The molecule has 0 saturated carbocycles. The molecule has 0 aliphatic carbocycles. The summed E-state index contributed by atoms with van der Waals surface area (Å²) in [5.74, 6) is 0. The van der Waals surface area contributed by atoms with Gasteiger partial charge >= 0.3 is 0 Å². The lowest BCUT2D eigenvalue weighted by Gasteiger charge is -2.12. The average Bonchev–Trinajstić information content (AvgIpc) is 2.84. The quantitative estimate of drug-likeness (QED) is 0.294. The summed E-state index contributed by atoms with van der Waals surface area (Å²) < 4.78 is 0. The SMILES string of the molecule is c1ccc(-c2cccc(-c3ccc4c5ccccc5c5ccccc5c4c3)n2)nc1. The van der Waals surface area contributed by atoms with E-state index in [1.807, 2.05) is 24.3 Å². The maximum Gasteiger partial charge on any atom is 0.0893 e. The van der Waals surface area contributed by atoms with Gasteiger partial charge in [-0.3, -0.25) is 4.98 Å². The lowest BCUT2D eigenvalue weighted by Crippen LogP contribution is -1.90. The third kappa shape index (κ3) is 2.66. The van der Waals surface area contributed by atoms with Crippen molar-refractivity contribution in [3.63, 3.8) is 0 Å². The van der Waals surface area contributed by atoms with Crippen molar-refractivity contribution in [1.82, 2.24) is 9.97 Å². The Balaban J connectivity index is 1.61. The Kier molecular flexibility index (Phi) is 3.82. The van der Waals surface area contributed by atoms with Gasteiger partial charge in [-0.2, -0.15) is 0 Å². The summed E-state index contributed by atoms with van der Waals surface area (Å²) in [5.41, 5.74) is 3.84. The van der Waals surface area contributed by atoms with E-state index in [0.29, 0.717) is 0 Å². The van der Waals surface area contributed by atoms with Crippen LogP contribution in [0.25, 0.3) is 55.0 Å². The fraction of sp³-hybridized carbons (Fsp3) is 0. The zero-order valence-corrected chi connectivity index (χ0v) is 16.3. The zero-order chi connectivity index (χ0) is 19.9. The minimum absolute atomic E-state index is 0.886. The summed E-state index contributed by atoms with van der Waals surface area (Å²) in [4.78, 5) is 9.35. The number of hydrogen-bond acceptors (Lipinski definition) is 2. The maximum atomic E-state index is 4.90. The molecule has 0 unspecified atom stereocenters. The molecule has 0 bridgehead atoms. The highest BCUT2D eigenvalue weighted by atomic mass is 14.8. The molecule has 6 aromatic rings. The molecule has 4 aromatic carbocycles. The van der Waals surface area contributed by atoms with E-state index in [0.717, 1.165) is 22.6 Å². The molecule has 0 fully saturated rings. The highest BCUT2D eigenvalue weighted by Gasteiger charge is 2.10. The van der Waals surface area contributed by atoms with Crippen molar-refractivity contribution in [3.05, 3.63) is 109 Å². The number of aromatic nitrogens is 2. The number of nitrogens with zero attached hydrogens (tertiary/aromatic N) is 2. The highest BCUT2D eigenvalue weighted by Crippen LogP contribution is 2.36. The van der Waals surface area contributed by atoms with Crippen LogP contribution < -0.4 is 0 Å². The third-order valence-electron chi connectivity index (χ3n) is 5.72. The topological polar surface area (TPSA) is 25.8 Å². The molecule has 0 saturated heterocycles. The van der Waals surface area contributed by atoms with Crippen LogP contribution in [0.3, 0.4) is 0 Å². The summed E-state index contributed by atoms with van der Waals surface area (Å²) in [6, 6.07) is 36.0. The third-order valence-corrected chi connectivity index (χ3v) is 5.72. The molecule has 30 heavy (non-hydrogen) atoms. The standard InChI is InChI=1S/C28H18N2/c1-2-10-22-20(8-1)21-9-3-4-11-23(21)25-18-19(15-16-24(22)25)26-13-7-14-28(30-26)27-12-5-6-17-29-27/h1-18H. The molecule has 2 heteroatoms. The monoisotopic (exact) mass is 382 g/mol. The molecule has 0 radical (unpaired) electrons. The van der Waals surface area contributed by atoms with Gasteiger partial charge in [0.1, 0.15) is 0 Å². The molecule has 0 aliphatic rings. The van der Waals surface area contributed by atoms with Crippen molar-refractivity contribution < 1.29 is 0 Å². The minimum atomic E-state index is 0.886. The highest BCUT2D eigenvalue weighted by molar-refractivity contribution is 6.25. The van der Waals surface area contributed by atoms with Gasteiger partial charge in [-0.05, 0) is 62.6 Å². The Morgan fingerprint density at radius 1 is 0.400 bits per heavy atom. The molecule has 2 nitrogen and oxygen atoms in total. The van der Waals surface area contributed by atoms with E-state index in [4.69, 9.17) is 4.98 Å². The van der Waals surface area contributed by atoms with Crippen molar-refractivity contribution in [2.24, 2.45) is 0 Å². The van der Waals surface area contributed by atoms with E-state index in [9.17, 15) is 0 Å². The predicted molar refractivity (Wildman–Crippen MR) is 125 cm³/mol. The van der Waals surface area contributed by atoms with E-state index in [1.54, 1.807) is 6.20 Å². The number of fused-ring (bicyclic) bond motifs is 6. The Morgan fingerprint density at radius 2 is 0.967 bits per heavy atom. The second kappa shape index (κ2) is 6.78. The fourth-order valence-corrected chi connectivity index (χ4v) is 4.32. The molecule has 0 spiro atoms. The first-order chi connectivity index (χ1) is 14.9. The smallest absolute Gasteiger partial charge is 0.0893 e. The molecule has 2 heterocycles.